The van der Waals surface area contributed by atoms with Crippen molar-refractivity contribution in [3.8, 4) is 11.5 Å². The molecule has 3 aromatic carbocycles. The SMILES string of the molecule is CN1[CH-]N(c2[c-]c(Oc3[c-]c4c(cc3)c3ccccc3n4C3=CC=CC[N-]3)ccc2)c2ccncc21.[Pt+4]. The summed E-state index contributed by atoms with van der Waals surface area (Å²) in [5.41, 5.74) is 5.02. The van der Waals surface area contributed by atoms with Gasteiger partial charge in [0.1, 0.15) is 0 Å². The van der Waals surface area contributed by atoms with Crippen LogP contribution < -0.4 is 14.5 Å². The van der Waals surface area contributed by atoms with Gasteiger partial charge in [-0.25, -0.2) is 0 Å². The fourth-order valence-electron chi connectivity index (χ4n) is 4.83. The molecule has 2 aliphatic heterocycles. The topological polar surface area (TPSA) is 47.6 Å². The van der Waals surface area contributed by atoms with Crippen molar-refractivity contribution in [2.45, 2.75) is 0 Å². The first-order valence-electron chi connectivity index (χ1n) is 11.8. The van der Waals surface area contributed by atoms with Crippen LogP contribution in [0.4, 0.5) is 17.1 Å². The Morgan fingerprint density at radius 1 is 0.946 bits per heavy atom. The molecule has 0 aliphatic carbocycles. The number of pyridine rings is 1. The Morgan fingerprint density at radius 2 is 1.84 bits per heavy atom. The van der Waals surface area contributed by atoms with E-state index >= 15 is 0 Å². The van der Waals surface area contributed by atoms with E-state index in [-0.39, 0.29) is 21.1 Å². The second-order valence-electron chi connectivity index (χ2n) is 8.69. The number of nitrogens with zero attached hydrogens (tertiary/aromatic N) is 5. The molecule has 0 saturated heterocycles. The van der Waals surface area contributed by atoms with Crippen LogP contribution in [-0.4, -0.2) is 23.1 Å². The summed E-state index contributed by atoms with van der Waals surface area (Å²) < 4.78 is 8.44. The standard InChI is InChI=1S/C30H21N5O.Pt/c1-33-20-34(27-14-16-31-19-29(27)33)21-7-6-8-22(17-21)36-23-12-13-25-24-9-2-3-10-26(24)35(28(25)18-23)30-11-4-5-15-32-30;/h2-14,16,19-20H,15H2,1H3;/q-4;+4. The van der Waals surface area contributed by atoms with Crippen LogP contribution in [0.3, 0.4) is 0 Å². The molecule has 2 aromatic heterocycles. The van der Waals surface area contributed by atoms with E-state index in [0.29, 0.717) is 18.0 Å². The molecule has 2 aliphatic rings. The molecule has 182 valence electrons. The van der Waals surface area contributed by atoms with Gasteiger partial charge < -0.3 is 24.4 Å². The quantitative estimate of drug-likeness (QED) is 0.194. The maximum absolute atomic E-state index is 6.28. The Balaban J connectivity index is 0.00000252. The van der Waals surface area contributed by atoms with Gasteiger partial charge in [0, 0.05) is 35.3 Å². The van der Waals surface area contributed by atoms with Gasteiger partial charge in [-0.15, -0.1) is 46.9 Å². The minimum Gasteiger partial charge on any atom is -0.509 e. The van der Waals surface area contributed by atoms with Crippen molar-refractivity contribution >= 4 is 44.7 Å². The first-order valence-corrected chi connectivity index (χ1v) is 11.8. The Bertz CT molecular complexity index is 1690. The molecule has 0 saturated carbocycles. The third-order valence-electron chi connectivity index (χ3n) is 6.46. The Hall–Kier alpha value is -4.02. The van der Waals surface area contributed by atoms with Crippen molar-refractivity contribution in [1.82, 2.24) is 9.55 Å². The van der Waals surface area contributed by atoms with Crippen LogP contribution in [0.25, 0.3) is 32.9 Å². The molecule has 7 rings (SSSR count). The maximum Gasteiger partial charge on any atom is 4.00 e. The van der Waals surface area contributed by atoms with Gasteiger partial charge >= 0.3 is 21.1 Å². The number of allylic oxidation sites excluding steroid dienone is 2. The average Bonchev–Trinajstić information content (AvgIpc) is 3.44. The van der Waals surface area contributed by atoms with Crippen LogP contribution in [0.1, 0.15) is 0 Å². The third kappa shape index (κ3) is 3.98. The van der Waals surface area contributed by atoms with Crippen LogP contribution in [0, 0.1) is 18.8 Å². The molecule has 0 amide bonds. The normalized spacial score (nSPS) is 14.4. The number of para-hydroxylation sites is 1. The second-order valence-corrected chi connectivity index (χ2v) is 8.69. The smallest absolute Gasteiger partial charge is 0.509 e. The van der Waals surface area contributed by atoms with Crippen molar-refractivity contribution in [3.63, 3.8) is 0 Å². The summed E-state index contributed by atoms with van der Waals surface area (Å²) in [6.45, 7) is 2.69. The average molecular weight is 663 g/mol. The molecule has 6 nitrogen and oxygen atoms in total. The van der Waals surface area contributed by atoms with E-state index in [9.17, 15) is 0 Å². The van der Waals surface area contributed by atoms with E-state index in [1.807, 2.05) is 73.4 Å². The number of rotatable bonds is 4. The Morgan fingerprint density at radius 3 is 2.73 bits per heavy atom. The van der Waals surface area contributed by atoms with Gasteiger partial charge in [0.15, 0.2) is 0 Å². The molecule has 0 spiro atoms. The number of hydrogen-bond donors (Lipinski definition) is 0. The summed E-state index contributed by atoms with van der Waals surface area (Å²) in [5.74, 6) is 2.14. The molecule has 37 heavy (non-hydrogen) atoms. The van der Waals surface area contributed by atoms with Crippen LogP contribution in [0.2, 0.25) is 0 Å². The van der Waals surface area contributed by atoms with Gasteiger partial charge in [-0.2, -0.15) is 18.8 Å². The second kappa shape index (κ2) is 9.45. The number of fused-ring (bicyclic) bond motifs is 4. The number of benzene rings is 3. The fourth-order valence-corrected chi connectivity index (χ4v) is 4.83. The van der Waals surface area contributed by atoms with Crippen molar-refractivity contribution < 1.29 is 25.8 Å². The molecule has 0 N–H and O–H groups in total. The molecule has 0 atom stereocenters. The number of ether oxygens (including phenoxy) is 1. The van der Waals surface area contributed by atoms with E-state index in [0.717, 1.165) is 44.7 Å². The summed E-state index contributed by atoms with van der Waals surface area (Å²) in [6, 6.07) is 27.2. The predicted octanol–water partition coefficient (Wildman–Crippen LogP) is 7.03. The zero-order chi connectivity index (χ0) is 24.1. The summed E-state index contributed by atoms with van der Waals surface area (Å²) in [5, 5.41) is 6.99. The Kier molecular flexibility index (Phi) is 5.97. The number of anilines is 3. The maximum atomic E-state index is 6.28. The van der Waals surface area contributed by atoms with Crippen LogP contribution in [0.15, 0.2) is 91.3 Å². The van der Waals surface area contributed by atoms with Gasteiger partial charge in [0.25, 0.3) is 0 Å². The largest absolute Gasteiger partial charge is 4.00 e. The molecule has 0 unspecified atom stereocenters. The van der Waals surface area contributed by atoms with Crippen molar-refractivity contribution in [1.29, 1.82) is 0 Å². The molecule has 0 radical (unpaired) electrons. The number of hydrogen-bond acceptors (Lipinski definition) is 4. The first-order chi connectivity index (χ1) is 17.8. The van der Waals surface area contributed by atoms with Gasteiger partial charge in [-0.05, 0) is 25.2 Å². The molecule has 5 aromatic rings. The molecular formula is C30H21N5OPt. The summed E-state index contributed by atoms with van der Waals surface area (Å²) in [4.78, 5) is 8.37. The summed E-state index contributed by atoms with van der Waals surface area (Å²) >= 11 is 0. The summed E-state index contributed by atoms with van der Waals surface area (Å²) in [6.07, 6.45) is 9.78. The first kappa shape index (κ1) is 23.4. The van der Waals surface area contributed by atoms with Gasteiger partial charge in [0.2, 0.25) is 0 Å². The Labute approximate surface area is 229 Å². The molecule has 0 fully saturated rings. The predicted molar refractivity (Wildman–Crippen MR) is 144 cm³/mol. The molecule has 0 bridgehead atoms. The van der Waals surface area contributed by atoms with E-state index < -0.39 is 0 Å². The summed E-state index contributed by atoms with van der Waals surface area (Å²) in [7, 11) is 2.01. The van der Waals surface area contributed by atoms with Crippen molar-refractivity contribution in [2.24, 2.45) is 0 Å². The van der Waals surface area contributed by atoms with Gasteiger partial charge in [0.05, 0.1) is 0 Å². The van der Waals surface area contributed by atoms with Crippen LogP contribution in [0.5, 0.6) is 11.5 Å². The third-order valence-corrected chi connectivity index (χ3v) is 6.46. The van der Waals surface area contributed by atoms with E-state index in [1.54, 1.807) is 6.20 Å². The van der Waals surface area contributed by atoms with E-state index in [4.69, 9.17) is 10.1 Å². The number of aromatic nitrogens is 2. The van der Waals surface area contributed by atoms with Gasteiger partial charge in [-0.1, -0.05) is 53.7 Å². The minimum absolute atomic E-state index is 0. The van der Waals surface area contributed by atoms with Crippen LogP contribution in [-0.2, 0) is 21.1 Å². The monoisotopic (exact) mass is 662 g/mol. The molecule has 7 heteroatoms. The van der Waals surface area contributed by atoms with E-state index in [2.05, 4.69) is 56.9 Å². The van der Waals surface area contributed by atoms with Crippen LogP contribution >= 0.6 is 0 Å². The van der Waals surface area contributed by atoms with Crippen molar-refractivity contribution in [3.05, 3.63) is 115 Å². The van der Waals surface area contributed by atoms with Crippen molar-refractivity contribution in [2.75, 3.05) is 23.4 Å². The van der Waals surface area contributed by atoms with Gasteiger partial charge in [-0.3, -0.25) is 4.98 Å². The minimum atomic E-state index is 0. The fraction of sp³-hybridized carbons (Fsp3) is 0.0667. The zero-order valence-corrected chi connectivity index (χ0v) is 22.2. The zero-order valence-electron chi connectivity index (χ0n) is 19.9. The van der Waals surface area contributed by atoms with E-state index in [1.165, 1.54) is 0 Å². The molecule has 4 heterocycles. The molecular weight excluding hydrogens is 641 g/mol.